The second kappa shape index (κ2) is 5.57. The summed E-state index contributed by atoms with van der Waals surface area (Å²) < 4.78 is 37.2. The molecular weight excluding hydrogens is 285 g/mol. The van der Waals surface area contributed by atoms with Crippen molar-refractivity contribution in [3.63, 3.8) is 0 Å². The number of hydrogen-bond donors (Lipinski definition) is 2. The number of nitrogen functional groups attached to an aromatic ring is 1. The molecule has 1 heterocycles. The summed E-state index contributed by atoms with van der Waals surface area (Å²) >= 11 is 0. The van der Waals surface area contributed by atoms with E-state index >= 15 is 0 Å². The van der Waals surface area contributed by atoms with Gasteiger partial charge >= 0.3 is 6.18 Å². The van der Waals surface area contributed by atoms with Crippen molar-refractivity contribution in [3.05, 3.63) is 35.9 Å². The molecule has 5 nitrogen and oxygen atoms in total. The summed E-state index contributed by atoms with van der Waals surface area (Å²) in [5.74, 6) is 4.73. The molecule has 0 unspecified atom stereocenters. The molecule has 0 bridgehead atoms. The molecule has 2 aromatic rings. The lowest BCUT2D eigenvalue weighted by atomic mass is 10.1. The van der Waals surface area contributed by atoms with Crippen molar-refractivity contribution < 1.29 is 18.0 Å². The van der Waals surface area contributed by atoms with E-state index in [1.165, 1.54) is 6.07 Å². The van der Waals surface area contributed by atoms with E-state index in [0.29, 0.717) is 15.8 Å². The van der Waals surface area contributed by atoms with Gasteiger partial charge in [0.1, 0.15) is 12.4 Å². The minimum atomic E-state index is -4.46. The van der Waals surface area contributed by atoms with E-state index in [4.69, 9.17) is 5.84 Å². The van der Waals surface area contributed by atoms with Gasteiger partial charge in [-0.2, -0.15) is 13.2 Å². The van der Waals surface area contributed by atoms with Crippen LogP contribution in [0.3, 0.4) is 0 Å². The normalized spacial score (nSPS) is 11.5. The maximum absolute atomic E-state index is 12.4. The Morgan fingerprint density at radius 1 is 1.38 bits per heavy atom. The number of pyridine rings is 1. The average molecular weight is 298 g/mol. The average Bonchev–Trinajstić information content (AvgIpc) is 2.43. The first-order chi connectivity index (χ1) is 9.81. The minimum Gasteiger partial charge on any atom is -0.333 e. The zero-order valence-corrected chi connectivity index (χ0v) is 11.1. The number of benzene rings is 1. The highest BCUT2D eigenvalue weighted by atomic mass is 19.4. The van der Waals surface area contributed by atoms with E-state index in [9.17, 15) is 18.0 Å². The maximum Gasteiger partial charge on any atom is 0.406 e. The lowest BCUT2D eigenvalue weighted by molar-refractivity contribution is -0.138. The predicted molar refractivity (Wildman–Crippen MR) is 72.6 cm³/mol. The highest BCUT2D eigenvalue weighted by molar-refractivity contribution is 6.06. The van der Waals surface area contributed by atoms with E-state index in [2.05, 4.69) is 10.4 Å². The lowest BCUT2D eigenvalue weighted by Crippen LogP contribution is -2.36. The molecule has 1 aromatic carbocycles. The van der Waals surface area contributed by atoms with Gasteiger partial charge in [0.15, 0.2) is 0 Å². The van der Waals surface area contributed by atoms with E-state index in [1.807, 2.05) is 0 Å². The number of fused-ring (bicyclic) bond motifs is 1. The molecule has 0 saturated carbocycles. The highest BCUT2D eigenvalue weighted by Crippen LogP contribution is 2.23. The molecule has 0 saturated heterocycles. The summed E-state index contributed by atoms with van der Waals surface area (Å²) in [6, 6.07) is 7.99. The molecular formula is C13H13F3N4O. The van der Waals surface area contributed by atoms with Crippen molar-refractivity contribution >= 4 is 22.6 Å². The number of nitrogens with zero attached hydrogens (tertiary/aromatic N) is 2. The third-order valence-corrected chi connectivity index (χ3v) is 2.86. The Balaban J connectivity index is 2.47. The standard InChI is InChI=1S/C13H13F3N4O/c1-20(7-13(14,15)16)12(21)9-6-11(19-17)18-10-5-3-2-4-8(9)10/h2-6H,7,17H2,1H3,(H,18,19). The summed E-state index contributed by atoms with van der Waals surface area (Å²) in [5, 5.41) is 0.468. The first kappa shape index (κ1) is 15.0. The molecule has 3 N–H and O–H groups in total. The van der Waals surface area contributed by atoms with Crippen LogP contribution in [0.5, 0.6) is 0 Å². The number of hydrazine groups is 1. The fourth-order valence-corrected chi connectivity index (χ4v) is 1.97. The summed E-state index contributed by atoms with van der Waals surface area (Å²) in [4.78, 5) is 17.0. The van der Waals surface area contributed by atoms with Crippen LogP contribution in [0.2, 0.25) is 0 Å². The number of amides is 1. The van der Waals surface area contributed by atoms with Crippen LogP contribution in [-0.4, -0.2) is 35.6 Å². The monoisotopic (exact) mass is 298 g/mol. The number of carbonyl (C=O) groups excluding carboxylic acids is 1. The smallest absolute Gasteiger partial charge is 0.333 e. The second-order valence-corrected chi connectivity index (χ2v) is 4.49. The second-order valence-electron chi connectivity index (χ2n) is 4.49. The SMILES string of the molecule is CN(CC(F)(F)F)C(=O)c1cc(NN)nc2ccccc12. The van der Waals surface area contributed by atoms with E-state index in [0.717, 1.165) is 7.05 Å². The summed E-state index contributed by atoms with van der Waals surface area (Å²) in [6.07, 6.45) is -4.46. The third-order valence-electron chi connectivity index (χ3n) is 2.86. The largest absolute Gasteiger partial charge is 0.406 e. The Bertz CT molecular complexity index is 672. The van der Waals surface area contributed by atoms with Crippen molar-refractivity contribution in [2.24, 2.45) is 5.84 Å². The third kappa shape index (κ3) is 3.40. The Morgan fingerprint density at radius 2 is 2.05 bits per heavy atom. The Labute approximate surface area is 118 Å². The number of para-hydroxylation sites is 1. The van der Waals surface area contributed by atoms with Crippen LogP contribution in [-0.2, 0) is 0 Å². The molecule has 1 amide bonds. The number of rotatable bonds is 3. The van der Waals surface area contributed by atoms with Gasteiger partial charge in [-0.1, -0.05) is 18.2 Å². The van der Waals surface area contributed by atoms with Gasteiger partial charge < -0.3 is 10.3 Å². The number of halogens is 3. The van der Waals surface area contributed by atoms with Gasteiger partial charge in [-0.25, -0.2) is 10.8 Å². The lowest BCUT2D eigenvalue weighted by Gasteiger charge is -2.20. The van der Waals surface area contributed by atoms with Gasteiger partial charge in [0.05, 0.1) is 11.1 Å². The van der Waals surface area contributed by atoms with E-state index < -0.39 is 18.6 Å². The first-order valence-corrected chi connectivity index (χ1v) is 6.00. The van der Waals surface area contributed by atoms with Crippen molar-refractivity contribution in [2.45, 2.75) is 6.18 Å². The van der Waals surface area contributed by atoms with Crippen LogP contribution in [0.25, 0.3) is 10.9 Å². The number of alkyl halides is 3. The number of aromatic nitrogens is 1. The molecule has 0 spiro atoms. The minimum absolute atomic E-state index is 0.111. The maximum atomic E-state index is 12.4. The van der Waals surface area contributed by atoms with Crippen LogP contribution in [0.4, 0.5) is 19.0 Å². The molecule has 0 aliphatic heterocycles. The molecule has 112 valence electrons. The van der Waals surface area contributed by atoms with Crippen LogP contribution >= 0.6 is 0 Å². The van der Waals surface area contributed by atoms with Crippen LogP contribution < -0.4 is 11.3 Å². The first-order valence-electron chi connectivity index (χ1n) is 6.00. The van der Waals surface area contributed by atoms with Crippen LogP contribution in [0.1, 0.15) is 10.4 Å². The zero-order valence-electron chi connectivity index (χ0n) is 11.1. The Kier molecular flexibility index (Phi) is 3.99. The van der Waals surface area contributed by atoms with Gasteiger partial charge in [0.25, 0.3) is 5.91 Å². The van der Waals surface area contributed by atoms with Crippen molar-refractivity contribution in [3.8, 4) is 0 Å². The van der Waals surface area contributed by atoms with Crippen LogP contribution in [0.15, 0.2) is 30.3 Å². The topological polar surface area (TPSA) is 71.2 Å². The fourth-order valence-electron chi connectivity index (χ4n) is 1.97. The summed E-state index contributed by atoms with van der Waals surface area (Å²) in [6.45, 7) is -1.33. The predicted octanol–water partition coefficient (Wildman–Crippen LogP) is 2.15. The molecule has 21 heavy (non-hydrogen) atoms. The molecule has 0 radical (unpaired) electrons. The number of carbonyl (C=O) groups is 1. The molecule has 0 aliphatic carbocycles. The van der Waals surface area contributed by atoms with Gasteiger partial charge in [-0.3, -0.25) is 4.79 Å². The highest BCUT2D eigenvalue weighted by Gasteiger charge is 2.32. The van der Waals surface area contributed by atoms with Crippen molar-refractivity contribution in [1.29, 1.82) is 0 Å². The zero-order chi connectivity index (χ0) is 15.6. The van der Waals surface area contributed by atoms with Gasteiger partial charge in [0.2, 0.25) is 0 Å². The molecule has 1 aromatic heterocycles. The molecule has 0 aliphatic rings. The summed E-state index contributed by atoms with van der Waals surface area (Å²) in [5.41, 5.74) is 2.88. The van der Waals surface area contributed by atoms with Crippen molar-refractivity contribution in [1.82, 2.24) is 9.88 Å². The van der Waals surface area contributed by atoms with Crippen molar-refractivity contribution in [2.75, 3.05) is 19.0 Å². The molecule has 0 fully saturated rings. The number of nitrogens with one attached hydrogen (secondary N) is 1. The Hall–Kier alpha value is -2.35. The fraction of sp³-hybridized carbons (Fsp3) is 0.231. The number of nitrogens with two attached hydrogens (primary N) is 1. The Morgan fingerprint density at radius 3 is 2.67 bits per heavy atom. The van der Waals surface area contributed by atoms with E-state index in [1.54, 1.807) is 24.3 Å². The molecule has 8 heteroatoms. The van der Waals surface area contributed by atoms with Crippen LogP contribution in [0, 0.1) is 0 Å². The number of anilines is 1. The summed E-state index contributed by atoms with van der Waals surface area (Å²) in [7, 11) is 1.10. The molecule has 2 rings (SSSR count). The van der Waals surface area contributed by atoms with Gasteiger partial charge in [-0.15, -0.1) is 0 Å². The molecule has 0 atom stereocenters. The number of hydrogen-bond acceptors (Lipinski definition) is 4. The van der Waals surface area contributed by atoms with E-state index in [-0.39, 0.29) is 11.4 Å². The van der Waals surface area contributed by atoms with Gasteiger partial charge in [-0.05, 0) is 12.1 Å². The van der Waals surface area contributed by atoms with Gasteiger partial charge in [0, 0.05) is 12.4 Å². The quantitative estimate of drug-likeness (QED) is 0.673.